The van der Waals surface area contributed by atoms with Gasteiger partial charge in [0.2, 0.25) is 0 Å². The molecule has 0 spiro atoms. The molecule has 1 aliphatic rings. The number of aromatic nitrogens is 2. The highest BCUT2D eigenvalue weighted by Crippen LogP contribution is 2.47. The van der Waals surface area contributed by atoms with Crippen molar-refractivity contribution in [2.45, 2.75) is 124 Å². The molecule has 5 nitrogen and oxygen atoms in total. The predicted octanol–water partition coefficient (Wildman–Crippen LogP) is 18.4. The van der Waals surface area contributed by atoms with Gasteiger partial charge in [-0.15, -0.1) is 0 Å². The Morgan fingerprint density at radius 3 is 1.62 bits per heavy atom. The number of benzene rings is 7. The Hall–Kier alpha value is -7.11. The summed E-state index contributed by atoms with van der Waals surface area (Å²) in [6, 6.07) is 60.1. The monoisotopic (exact) mass is 949 g/mol. The Balaban J connectivity index is 1.04. The maximum absolute atomic E-state index is 6.91. The van der Waals surface area contributed by atoms with Crippen molar-refractivity contribution < 1.29 is 4.74 Å². The van der Waals surface area contributed by atoms with E-state index in [0.29, 0.717) is 6.67 Å². The Morgan fingerprint density at radius 2 is 0.986 bits per heavy atom. The van der Waals surface area contributed by atoms with Crippen molar-refractivity contribution in [3.63, 3.8) is 0 Å². The summed E-state index contributed by atoms with van der Waals surface area (Å²) in [6.45, 7) is 32.9. The van der Waals surface area contributed by atoms with Gasteiger partial charge in [0.25, 0.3) is 0 Å². The van der Waals surface area contributed by atoms with Crippen LogP contribution in [0.1, 0.15) is 130 Å². The van der Waals surface area contributed by atoms with E-state index in [0.717, 1.165) is 45.0 Å². The first-order valence-corrected chi connectivity index (χ1v) is 25.8. The second-order valence-corrected chi connectivity index (χ2v) is 24.8. The predicted molar refractivity (Wildman–Crippen MR) is 306 cm³/mol. The number of nitrogens with zero attached hydrogens (tertiary/aromatic N) is 4. The van der Waals surface area contributed by atoms with Crippen LogP contribution in [0.25, 0.3) is 38.8 Å². The van der Waals surface area contributed by atoms with Crippen molar-refractivity contribution in [2.24, 2.45) is 0 Å². The lowest BCUT2D eigenvalue weighted by molar-refractivity contribution is 0.483. The molecular weight excluding hydrogens is 877 g/mol. The molecule has 0 N–H and O–H groups in total. The smallest absolute Gasteiger partial charge is 0.137 e. The topological polar surface area (TPSA) is 33.5 Å². The average molecular weight is 949 g/mol. The summed E-state index contributed by atoms with van der Waals surface area (Å²) < 4.78 is 9.26. The van der Waals surface area contributed by atoms with E-state index in [2.05, 4.69) is 281 Å². The van der Waals surface area contributed by atoms with Gasteiger partial charge >= 0.3 is 0 Å². The number of para-hydroxylation sites is 2. The summed E-state index contributed by atoms with van der Waals surface area (Å²) >= 11 is 0. The highest BCUT2D eigenvalue weighted by molar-refractivity contribution is 6.09. The number of hydrogen-bond donors (Lipinski definition) is 0. The van der Waals surface area contributed by atoms with Crippen LogP contribution >= 0.6 is 0 Å². The lowest BCUT2D eigenvalue weighted by atomic mass is 9.76. The lowest BCUT2D eigenvalue weighted by Crippen LogP contribution is -2.25. The molecule has 72 heavy (non-hydrogen) atoms. The molecule has 0 fully saturated rings. The Kier molecular flexibility index (Phi) is 11.8. The fourth-order valence-electron chi connectivity index (χ4n) is 10.4. The van der Waals surface area contributed by atoms with Gasteiger partial charge in [0, 0.05) is 51.5 Å². The third-order valence-corrected chi connectivity index (χ3v) is 15.0. The van der Waals surface area contributed by atoms with Gasteiger partial charge in [-0.25, -0.2) is 4.98 Å². The molecule has 10 rings (SSSR count). The zero-order chi connectivity index (χ0) is 51.1. The van der Waals surface area contributed by atoms with Crippen LogP contribution in [-0.2, 0) is 27.1 Å². The first-order valence-electron chi connectivity index (χ1n) is 25.8. The summed E-state index contributed by atoms with van der Waals surface area (Å²) in [5, 5.41) is 2.34. The highest BCUT2D eigenvalue weighted by Gasteiger charge is 2.31. The molecule has 3 heterocycles. The van der Waals surface area contributed by atoms with E-state index >= 15 is 0 Å². The molecule has 0 atom stereocenters. The minimum atomic E-state index is -0.175. The zero-order valence-corrected chi connectivity index (χ0v) is 45.1. The van der Waals surface area contributed by atoms with E-state index in [9.17, 15) is 0 Å². The molecule has 1 aliphatic heterocycles. The maximum atomic E-state index is 6.91. The molecule has 0 aliphatic carbocycles. The van der Waals surface area contributed by atoms with E-state index in [1.165, 1.54) is 61.4 Å². The normalized spacial score (nSPS) is 13.6. The molecule has 9 aromatic rings. The zero-order valence-electron chi connectivity index (χ0n) is 45.1. The van der Waals surface area contributed by atoms with Gasteiger partial charge in [-0.2, -0.15) is 0 Å². The Labute approximate surface area is 429 Å². The van der Waals surface area contributed by atoms with Crippen LogP contribution < -0.4 is 14.5 Å². The molecule has 0 saturated heterocycles. The van der Waals surface area contributed by atoms with Gasteiger partial charge in [0.05, 0.1) is 22.4 Å². The van der Waals surface area contributed by atoms with Crippen LogP contribution in [0.5, 0.6) is 11.5 Å². The molecule has 0 saturated carbocycles. The summed E-state index contributed by atoms with van der Waals surface area (Å²) in [7, 11) is 0. The van der Waals surface area contributed by atoms with Gasteiger partial charge in [-0.05, 0) is 121 Å². The lowest BCUT2D eigenvalue weighted by Gasteiger charge is -2.29. The van der Waals surface area contributed by atoms with E-state index in [4.69, 9.17) is 9.72 Å². The molecular formula is C67H72N4O. The van der Waals surface area contributed by atoms with E-state index in [-0.39, 0.29) is 27.1 Å². The van der Waals surface area contributed by atoms with E-state index in [1.54, 1.807) is 0 Å². The molecule has 5 heteroatoms. The third kappa shape index (κ3) is 9.08. The van der Waals surface area contributed by atoms with Gasteiger partial charge in [0.15, 0.2) is 0 Å². The van der Waals surface area contributed by atoms with E-state index < -0.39 is 0 Å². The van der Waals surface area contributed by atoms with Crippen molar-refractivity contribution >= 4 is 44.6 Å². The van der Waals surface area contributed by atoms with Crippen molar-refractivity contribution in [1.82, 2.24) is 9.55 Å². The van der Waals surface area contributed by atoms with Gasteiger partial charge < -0.3 is 14.5 Å². The first-order chi connectivity index (χ1) is 33.9. The largest absolute Gasteiger partial charge is 0.457 e. The molecule has 2 aromatic heterocycles. The molecule has 0 radical (unpaired) electrons. The summed E-state index contributed by atoms with van der Waals surface area (Å²) in [5.41, 5.74) is 16.5. The number of hydrogen-bond acceptors (Lipinski definition) is 4. The van der Waals surface area contributed by atoms with E-state index in [1.807, 2.05) is 0 Å². The second-order valence-electron chi connectivity index (χ2n) is 24.8. The second kappa shape index (κ2) is 17.6. The summed E-state index contributed by atoms with van der Waals surface area (Å²) in [4.78, 5) is 10.2. The van der Waals surface area contributed by atoms with Crippen LogP contribution in [0.4, 0.5) is 22.7 Å². The quantitative estimate of drug-likeness (QED) is 0.152. The van der Waals surface area contributed by atoms with Crippen LogP contribution in [0, 0.1) is 0 Å². The number of rotatable bonds is 8. The van der Waals surface area contributed by atoms with Crippen molar-refractivity contribution in [3.8, 4) is 28.4 Å². The maximum Gasteiger partial charge on any atom is 0.137 e. The standard InChI is InChI=1S/C67H72N4O/c1-63(2,3)46-30-32-54-55-33-31-53(72-52-27-21-26-50(39-52)69-43-70(59-29-19-18-28-58(59)69)51-36-48(64(4,5)6)35-49(37-51)65(7,8)9)40-61(55)71(60(54)38-46)62-41-57(66(10,11)12)56(42-68-62)44-22-20-25-47(34-44)67(13,14)45-23-16-15-17-24-45/h15-42H,43H2,1-14H3. The number of pyridine rings is 1. The SMILES string of the molecule is CC(C)(C)c1cc(N2CN(c3cccc(Oc4ccc5c6ccc(C(C)(C)C)cc6n(-c6cc(C(C)(C)C)c(-c7cccc(C(C)(C)c8ccccc8)c7)cn6)c5c4)c3)c3ccccc32)cc(C(C)(C)C)c1. The third-order valence-electron chi connectivity index (χ3n) is 15.0. The van der Waals surface area contributed by atoms with Gasteiger partial charge in [-0.3, -0.25) is 4.57 Å². The minimum Gasteiger partial charge on any atom is -0.457 e. The average Bonchev–Trinajstić information content (AvgIpc) is 3.89. The van der Waals surface area contributed by atoms with Crippen LogP contribution in [0.15, 0.2) is 170 Å². The van der Waals surface area contributed by atoms with Gasteiger partial charge in [0.1, 0.15) is 24.0 Å². The molecule has 0 bridgehead atoms. The van der Waals surface area contributed by atoms with Gasteiger partial charge in [-0.1, -0.05) is 188 Å². The Bertz CT molecular complexity index is 3460. The Morgan fingerprint density at radius 1 is 0.417 bits per heavy atom. The number of anilines is 4. The molecule has 7 aromatic carbocycles. The summed E-state index contributed by atoms with van der Waals surface area (Å²) in [6.07, 6.45) is 2.10. The fourth-order valence-corrected chi connectivity index (χ4v) is 10.4. The fraction of sp³-hybridized carbons (Fsp3) is 0.299. The molecule has 366 valence electrons. The highest BCUT2D eigenvalue weighted by atomic mass is 16.5. The van der Waals surface area contributed by atoms with Crippen LogP contribution in [0.2, 0.25) is 0 Å². The summed E-state index contributed by atoms with van der Waals surface area (Å²) in [5.74, 6) is 2.43. The molecule has 0 unspecified atom stereocenters. The number of ether oxygens (including phenoxy) is 1. The first kappa shape index (κ1) is 48.5. The van der Waals surface area contributed by atoms with Crippen LogP contribution in [-0.4, -0.2) is 16.2 Å². The van der Waals surface area contributed by atoms with Crippen molar-refractivity contribution in [1.29, 1.82) is 0 Å². The molecule has 0 amide bonds. The minimum absolute atomic E-state index is 0.0118. The van der Waals surface area contributed by atoms with Crippen LogP contribution in [0.3, 0.4) is 0 Å². The number of fused-ring (bicyclic) bond motifs is 4. The van der Waals surface area contributed by atoms with Crippen molar-refractivity contribution in [2.75, 3.05) is 16.5 Å². The van der Waals surface area contributed by atoms with Crippen molar-refractivity contribution in [3.05, 3.63) is 203 Å².